The van der Waals surface area contributed by atoms with E-state index in [0.29, 0.717) is 5.56 Å². The van der Waals surface area contributed by atoms with Crippen LogP contribution in [0.4, 0.5) is 36.4 Å². The summed E-state index contributed by atoms with van der Waals surface area (Å²) in [6, 6.07) is 9.11. The Labute approximate surface area is 242 Å². The Hall–Kier alpha value is -4.03. The molecule has 1 aromatic carbocycles. The predicted octanol–water partition coefficient (Wildman–Crippen LogP) is 5.13. The van der Waals surface area contributed by atoms with Crippen LogP contribution in [0.25, 0.3) is 0 Å². The molecular weight excluding hydrogens is 547 g/mol. The van der Waals surface area contributed by atoms with E-state index in [-0.39, 0.29) is 41.5 Å². The number of nitrogens with zero attached hydrogens (tertiary/aromatic N) is 3. The fraction of sp³-hybridized carbons (Fsp3) is 0.400. The van der Waals surface area contributed by atoms with Crippen LogP contribution in [0.2, 0.25) is 0 Å². The zero-order valence-corrected chi connectivity index (χ0v) is 23.5. The molecule has 1 unspecified atom stereocenters. The van der Waals surface area contributed by atoms with Crippen molar-refractivity contribution < 1.29 is 23.1 Å². The van der Waals surface area contributed by atoms with Gasteiger partial charge in [0, 0.05) is 36.9 Å². The van der Waals surface area contributed by atoms with Gasteiger partial charge in [0.05, 0.1) is 5.69 Å². The van der Waals surface area contributed by atoms with E-state index in [1.165, 1.54) is 48.4 Å². The van der Waals surface area contributed by atoms with Crippen LogP contribution >= 0.6 is 0 Å². The van der Waals surface area contributed by atoms with Gasteiger partial charge in [-0.1, -0.05) is 32.1 Å². The van der Waals surface area contributed by atoms with Gasteiger partial charge in [-0.3, -0.25) is 4.79 Å². The second-order valence-electron chi connectivity index (χ2n) is 10.5. The number of alkyl halides is 3. The number of carbonyl (C=O) groups is 1. The number of hydrogen-bond donors (Lipinski definition) is 5. The van der Waals surface area contributed by atoms with Gasteiger partial charge < -0.3 is 26.4 Å². The Bertz CT molecular complexity index is 1510. The molecule has 1 amide bonds. The van der Waals surface area contributed by atoms with Crippen molar-refractivity contribution in [2.24, 2.45) is 0 Å². The average molecular weight is 582 g/mol. The molecule has 0 radical (unpaired) electrons. The monoisotopic (exact) mass is 581 g/mol. The van der Waals surface area contributed by atoms with E-state index in [1.807, 2.05) is 26.0 Å². The summed E-state index contributed by atoms with van der Waals surface area (Å²) >= 11 is 0. The first-order chi connectivity index (χ1) is 20.1. The summed E-state index contributed by atoms with van der Waals surface area (Å²) in [5.41, 5.74) is 0.442. The number of amides is 1. The van der Waals surface area contributed by atoms with Gasteiger partial charge in [-0.15, -0.1) is 6.58 Å². The largest absolute Gasteiger partial charge is 0.423 e. The fourth-order valence-corrected chi connectivity index (χ4v) is 5.51. The molecule has 9 nitrogen and oxygen atoms in total. The van der Waals surface area contributed by atoms with E-state index in [0.717, 1.165) is 18.8 Å². The molecule has 6 rings (SSSR count). The summed E-state index contributed by atoms with van der Waals surface area (Å²) in [5.74, 6) is -0.283. The lowest BCUT2D eigenvalue weighted by atomic mass is 9.88. The maximum atomic E-state index is 13.7. The number of rotatable bonds is 7. The molecule has 1 spiro atoms. The van der Waals surface area contributed by atoms with E-state index in [4.69, 9.17) is 0 Å². The van der Waals surface area contributed by atoms with Crippen LogP contribution < -0.4 is 21.3 Å². The molecule has 5 N–H and O–H groups in total. The van der Waals surface area contributed by atoms with Crippen LogP contribution in [0.3, 0.4) is 0 Å². The number of hydrogen-bond acceptors (Lipinski definition) is 8. The molecule has 1 saturated carbocycles. The number of carbonyl (C=O) groups excluding carboxylic acids is 1. The van der Waals surface area contributed by atoms with Crippen LogP contribution in [-0.4, -0.2) is 45.2 Å². The zero-order valence-electron chi connectivity index (χ0n) is 23.5. The van der Waals surface area contributed by atoms with Gasteiger partial charge in [0.2, 0.25) is 11.5 Å². The molecule has 2 aromatic heterocycles. The Morgan fingerprint density at radius 2 is 1.90 bits per heavy atom. The van der Waals surface area contributed by atoms with Gasteiger partial charge in [-0.25, -0.2) is 9.97 Å². The first-order valence-electron chi connectivity index (χ1n) is 14.1. The quantitative estimate of drug-likeness (QED) is 0.243. The maximum absolute atomic E-state index is 13.7. The minimum atomic E-state index is -4.88. The number of anilines is 4. The fourth-order valence-electron chi connectivity index (χ4n) is 5.51. The van der Waals surface area contributed by atoms with Crippen molar-refractivity contribution in [2.45, 2.75) is 63.3 Å². The SMILES string of the molecule is C=CCNC(=O)c1cnc(Nc2ccc3c(c2)CNCC32CC2)nc1Nc1ccc2c(n1)C(O)(C(F)(F)F)CC2.CC. The standard InChI is InChI=1S/C28H28F3N7O2.C2H6/c1-2-11-33-24(39)19-14-34-25(35-18-4-5-20-17(12-18)13-32-15-26(20)9-10-26)38-23(19)37-21-6-3-16-7-8-27(40,22(16)36-21)28(29,30)31;1-2/h2-6,12,14,32,40H,1,7-11,13,15H2,(H,33,39)(H2,34,35,36,37,38);1-2H3. The van der Waals surface area contributed by atoms with E-state index in [2.05, 4.69) is 48.9 Å². The third-order valence-electron chi connectivity index (χ3n) is 7.85. The van der Waals surface area contributed by atoms with E-state index >= 15 is 0 Å². The van der Waals surface area contributed by atoms with Gasteiger partial charge in [0.25, 0.3) is 5.91 Å². The molecule has 3 aromatic rings. The normalized spacial score (nSPS) is 19.6. The molecule has 1 atom stereocenters. The summed E-state index contributed by atoms with van der Waals surface area (Å²) < 4.78 is 41.0. The summed E-state index contributed by atoms with van der Waals surface area (Å²) in [5, 5.41) is 22.6. The van der Waals surface area contributed by atoms with Crippen LogP contribution in [0.15, 0.2) is 49.2 Å². The molecule has 3 aliphatic rings. The molecule has 42 heavy (non-hydrogen) atoms. The Kier molecular flexibility index (Phi) is 7.95. The van der Waals surface area contributed by atoms with Crippen molar-refractivity contribution in [3.63, 3.8) is 0 Å². The van der Waals surface area contributed by atoms with Crippen molar-refractivity contribution in [3.8, 4) is 0 Å². The van der Waals surface area contributed by atoms with Crippen LogP contribution in [0.5, 0.6) is 0 Å². The maximum Gasteiger partial charge on any atom is 0.423 e. The number of aryl methyl sites for hydroxylation is 1. The third-order valence-corrected chi connectivity index (χ3v) is 7.85. The van der Waals surface area contributed by atoms with Crippen LogP contribution in [0, 0.1) is 0 Å². The molecule has 1 aliphatic heterocycles. The minimum Gasteiger partial charge on any atom is -0.375 e. The molecule has 1 fully saturated rings. The molecule has 0 bridgehead atoms. The lowest BCUT2D eigenvalue weighted by Crippen LogP contribution is -2.40. The third kappa shape index (κ3) is 5.43. The number of aromatic nitrogens is 3. The highest BCUT2D eigenvalue weighted by atomic mass is 19.4. The van der Waals surface area contributed by atoms with Crippen molar-refractivity contribution in [1.29, 1.82) is 0 Å². The Balaban J connectivity index is 0.00000173. The lowest BCUT2D eigenvalue weighted by molar-refractivity contribution is -0.266. The second-order valence-corrected chi connectivity index (χ2v) is 10.5. The summed E-state index contributed by atoms with van der Waals surface area (Å²) in [6.45, 7) is 9.52. The van der Waals surface area contributed by atoms with Gasteiger partial charge in [-0.05, 0) is 60.6 Å². The number of benzene rings is 1. The summed E-state index contributed by atoms with van der Waals surface area (Å²) in [6.07, 6.45) is -0.152. The highest BCUT2D eigenvalue weighted by Gasteiger charge is 2.59. The smallest absolute Gasteiger partial charge is 0.375 e. The molecule has 3 heterocycles. The number of nitrogens with one attached hydrogen (secondary N) is 4. The minimum absolute atomic E-state index is 0.000308. The van der Waals surface area contributed by atoms with Crippen molar-refractivity contribution in [1.82, 2.24) is 25.6 Å². The first kappa shape index (κ1) is 29.5. The van der Waals surface area contributed by atoms with E-state index < -0.39 is 29.8 Å². The molecule has 0 saturated heterocycles. The molecule has 222 valence electrons. The van der Waals surface area contributed by atoms with Crippen molar-refractivity contribution in [3.05, 3.63) is 77.1 Å². The van der Waals surface area contributed by atoms with Crippen molar-refractivity contribution in [2.75, 3.05) is 23.7 Å². The second kappa shape index (κ2) is 11.3. The first-order valence-corrected chi connectivity index (χ1v) is 14.1. The highest BCUT2D eigenvalue weighted by Crippen LogP contribution is 2.51. The van der Waals surface area contributed by atoms with Gasteiger partial charge in [0.1, 0.15) is 17.2 Å². The van der Waals surface area contributed by atoms with Gasteiger partial charge in [0.15, 0.2) is 0 Å². The summed E-state index contributed by atoms with van der Waals surface area (Å²) in [4.78, 5) is 25.7. The van der Waals surface area contributed by atoms with Crippen LogP contribution in [0.1, 0.15) is 65.9 Å². The number of halogens is 3. The zero-order chi connectivity index (χ0) is 30.1. The van der Waals surface area contributed by atoms with Gasteiger partial charge >= 0.3 is 6.18 Å². The Morgan fingerprint density at radius 1 is 1.12 bits per heavy atom. The number of fused-ring (bicyclic) bond motifs is 3. The molecule has 2 aliphatic carbocycles. The number of aliphatic hydroxyl groups is 1. The Morgan fingerprint density at radius 3 is 2.62 bits per heavy atom. The topological polar surface area (TPSA) is 124 Å². The molecule has 12 heteroatoms. The highest BCUT2D eigenvalue weighted by molar-refractivity contribution is 5.99. The predicted molar refractivity (Wildman–Crippen MR) is 154 cm³/mol. The van der Waals surface area contributed by atoms with Gasteiger partial charge in [-0.2, -0.15) is 18.2 Å². The van der Waals surface area contributed by atoms with Crippen LogP contribution in [-0.2, 0) is 24.0 Å². The summed E-state index contributed by atoms with van der Waals surface area (Å²) in [7, 11) is 0. The lowest BCUT2D eigenvalue weighted by Gasteiger charge is -2.26. The van der Waals surface area contributed by atoms with E-state index in [1.54, 1.807) is 0 Å². The van der Waals surface area contributed by atoms with Crippen molar-refractivity contribution >= 4 is 29.2 Å². The average Bonchev–Trinajstić information content (AvgIpc) is 3.66. The molecular formula is C30H34F3N7O2. The van der Waals surface area contributed by atoms with E-state index in [9.17, 15) is 23.1 Å². The number of pyridine rings is 1.